The van der Waals surface area contributed by atoms with Crippen LogP contribution in [0, 0.1) is 6.92 Å². The molecule has 1 aliphatic rings. The highest BCUT2D eigenvalue weighted by Crippen LogP contribution is 2.27. The number of hydrogen-bond acceptors (Lipinski definition) is 3. The van der Waals surface area contributed by atoms with Crippen molar-refractivity contribution in [1.29, 1.82) is 0 Å². The molecule has 4 N–H and O–H groups in total. The molecule has 0 bridgehead atoms. The monoisotopic (exact) mass is 481 g/mol. The van der Waals surface area contributed by atoms with E-state index in [1.807, 2.05) is 43.3 Å². The second-order valence-electron chi connectivity index (χ2n) is 6.78. The molecule has 1 aliphatic carbocycles. The van der Waals surface area contributed by atoms with E-state index in [-0.39, 0.29) is 37.1 Å². The van der Waals surface area contributed by atoms with E-state index in [2.05, 4.69) is 16.4 Å². The number of aryl methyl sites for hydroxylation is 2. The summed E-state index contributed by atoms with van der Waals surface area (Å²) in [5.74, 6) is 1.06. The summed E-state index contributed by atoms with van der Waals surface area (Å²) in [6, 6.07) is 14.0. The van der Waals surface area contributed by atoms with E-state index in [1.54, 1.807) is 0 Å². The van der Waals surface area contributed by atoms with Gasteiger partial charge in [0.05, 0.1) is 6.54 Å². The molecule has 3 rings (SSSR count). The quantitative estimate of drug-likeness (QED) is 0.334. The Morgan fingerprint density at radius 1 is 1.22 bits per heavy atom. The van der Waals surface area contributed by atoms with Crippen LogP contribution in [-0.4, -0.2) is 30.3 Å². The Labute approximate surface area is 178 Å². The molecule has 0 spiro atoms. The number of nitrogens with zero attached hydrogens (tertiary/aromatic N) is 1. The third-order valence-corrected chi connectivity index (χ3v) is 4.56. The van der Waals surface area contributed by atoms with Crippen molar-refractivity contribution in [1.82, 2.24) is 0 Å². The zero-order valence-corrected chi connectivity index (χ0v) is 18.0. The first kappa shape index (κ1) is 21.5. The van der Waals surface area contributed by atoms with E-state index in [0.717, 1.165) is 29.8 Å². The fraction of sp³-hybridized carbons (Fsp3) is 0.381. The largest absolute Gasteiger partial charge is 0.491 e. The maximum absolute atomic E-state index is 10.1. The maximum atomic E-state index is 10.1. The standard InChI is InChI=1S/C21H27N3O2.HI/c1-15-6-4-9-18(12-15)26-14-17(25)13-23-21(22)24-20-11-5-8-16-7-2-3-10-19(16)20;/h4-6,8-9,11-12,17,25H,2-3,7,10,13-14H2,1H3,(H3,22,23,24);1H. The zero-order valence-electron chi connectivity index (χ0n) is 15.6. The molecule has 27 heavy (non-hydrogen) atoms. The van der Waals surface area contributed by atoms with Crippen molar-refractivity contribution in [3.05, 3.63) is 59.2 Å². The first-order chi connectivity index (χ1) is 12.6. The van der Waals surface area contributed by atoms with Crippen molar-refractivity contribution >= 4 is 35.6 Å². The Kier molecular flexibility index (Phi) is 8.37. The SMILES string of the molecule is Cc1cccc(OCC(O)CN=C(N)Nc2cccc3c2CCCC3)c1.I. The van der Waals surface area contributed by atoms with Gasteiger partial charge < -0.3 is 20.9 Å². The van der Waals surface area contributed by atoms with Gasteiger partial charge in [-0.25, -0.2) is 0 Å². The van der Waals surface area contributed by atoms with E-state index in [0.29, 0.717) is 5.96 Å². The van der Waals surface area contributed by atoms with E-state index >= 15 is 0 Å². The molecule has 6 heteroatoms. The number of nitrogens with one attached hydrogen (secondary N) is 1. The Hall–Kier alpha value is -1.80. The molecule has 2 aromatic rings. The molecule has 0 saturated carbocycles. The number of rotatable bonds is 6. The Bertz CT molecular complexity index is 780. The van der Waals surface area contributed by atoms with E-state index < -0.39 is 6.10 Å². The van der Waals surface area contributed by atoms with Gasteiger partial charge in [-0.1, -0.05) is 24.3 Å². The fourth-order valence-corrected chi connectivity index (χ4v) is 3.23. The number of aliphatic hydroxyl groups excluding tert-OH is 1. The number of hydrogen-bond donors (Lipinski definition) is 3. The third-order valence-electron chi connectivity index (χ3n) is 4.56. The molecule has 1 unspecified atom stereocenters. The summed E-state index contributed by atoms with van der Waals surface area (Å²) in [6.45, 7) is 2.38. The van der Waals surface area contributed by atoms with Gasteiger partial charge in [0.15, 0.2) is 5.96 Å². The topological polar surface area (TPSA) is 79.9 Å². The van der Waals surface area contributed by atoms with Gasteiger partial charge in [0.25, 0.3) is 0 Å². The van der Waals surface area contributed by atoms with Gasteiger partial charge in [0, 0.05) is 5.69 Å². The summed E-state index contributed by atoms with van der Waals surface area (Å²) in [7, 11) is 0. The second kappa shape index (κ2) is 10.5. The lowest BCUT2D eigenvalue weighted by Gasteiger charge is -2.20. The van der Waals surface area contributed by atoms with Crippen molar-refractivity contribution < 1.29 is 9.84 Å². The van der Waals surface area contributed by atoms with Crippen molar-refractivity contribution in [2.45, 2.75) is 38.7 Å². The van der Waals surface area contributed by atoms with Gasteiger partial charge in [-0.15, -0.1) is 24.0 Å². The van der Waals surface area contributed by atoms with E-state index in [1.165, 1.54) is 24.0 Å². The Morgan fingerprint density at radius 2 is 2.00 bits per heavy atom. The molecule has 146 valence electrons. The summed E-state index contributed by atoms with van der Waals surface area (Å²) in [4.78, 5) is 4.25. The van der Waals surface area contributed by atoms with Crippen LogP contribution in [0.3, 0.4) is 0 Å². The minimum atomic E-state index is -0.708. The molecular weight excluding hydrogens is 453 g/mol. The number of halogens is 1. The lowest BCUT2D eigenvalue weighted by molar-refractivity contribution is 0.114. The number of benzene rings is 2. The van der Waals surface area contributed by atoms with E-state index in [4.69, 9.17) is 10.5 Å². The first-order valence-electron chi connectivity index (χ1n) is 9.17. The molecule has 0 amide bonds. The number of aliphatic imine (C=N–C) groups is 1. The molecule has 0 radical (unpaired) electrons. The molecule has 0 aromatic heterocycles. The number of nitrogens with two attached hydrogens (primary N) is 1. The lowest BCUT2D eigenvalue weighted by atomic mass is 9.90. The van der Waals surface area contributed by atoms with E-state index in [9.17, 15) is 5.11 Å². The molecule has 0 fully saturated rings. The number of aliphatic hydroxyl groups is 1. The molecule has 2 aromatic carbocycles. The summed E-state index contributed by atoms with van der Waals surface area (Å²) in [5.41, 5.74) is 10.9. The van der Waals surface area contributed by atoms with Crippen molar-refractivity contribution in [3.63, 3.8) is 0 Å². The smallest absolute Gasteiger partial charge is 0.193 e. The van der Waals surface area contributed by atoms with Crippen LogP contribution in [0.25, 0.3) is 0 Å². The van der Waals surface area contributed by atoms with Gasteiger partial charge in [-0.2, -0.15) is 0 Å². The minimum Gasteiger partial charge on any atom is -0.491 e. The predicted octanol–water partition coefficient (Wildman–Crippen LogP) is 3.66. The molecule has 0 saturated heterocycles. The molecule has 1 atom stereocenters. The van der Waals surface area contributed by atoms with Crippen LogP contribution >= 0.6 is 24.0 Å². The summed E-state index contributed by atoms with van der Waals surface area (Å²) < 4.78 is 5.59. The minimum absolute atomic E-state index is 0. The van der Waals surface area contributed by atoms with Crippen LogP contribution in [0.1, 0.15) is 29.5 Å². The fourth-order valence-electron chi connectivity index (χ4n) is 3.23. The van der Waals surface area contributed by atoms with Gasteiger partial charge in [0.1, 0.15) is 18.5 Å². The predicted molar refractivity (Wildman–Crippen MR) is 121 cm³/mol. The number of ether oxygens (including phenoxy) is 1. The molecule has 0 heterocycles. The Morgan fingerprint density at radius 3 is 2.81 bits per heavy atom. The van der Waals surface area contributed by atoms with Crippen LogP contribution in [0.15, 0.2) is 47.5 Å². The Balaban J connectivity index is 0.00000261. The van der Waals surface area contributed by atoms with Crippen molar-refractivity contribution in [3.8, 4) is 5.75 Å². The zero-order chi connectivity index (χ0) is 18.4. The van der Waals surface area contributed by atoms with Gasteiger partial charge in [-0.05, 0) is 67.5 Å². The van der Waals surface area contributed by atoms with Crippen LogP contribution in [0.5, 0.6) is 5.75 Å². The maximum Gasteiger partial charge on any atom is 0.193 e. The summed E-state index contributed by atoms with van der Waals surface area (Å²) in [6.07, 6.45) is 3.93. The first-order valence-corrected chi connectivity index (χ1v) is 9.17. The second-order valence-corrected chi connectivity index (χ2v) is 6.78. The van der Waals surface area contributed by atoms with Gasteiger partial charge in [0.2, 0.25) is 0 Å². The average Bonchev–Trinajstić information content (AvgIpc) is 2.65. The number of fused-ring (bicyclic) bond motifs is 1. The highest BCUT2D eigenvalue weighted by molar-refractivity contribution is 14.0. The normalized spacial score (nSPS) is 14.7. The number of guanidine groups is 1. The van der Waals surface area contributed by atoms with Crippen LogP contribution in [0.2, 0.25) is 0 Å². The highest BCUT2D eigenvalue weighted by atomic mass is 127. The summed E-state index contributed by atoms with van der Waals surface area (Å²) in [5, 5.41) is 13.3. The highest BCUT2D eigenvalue weighted by Gasteiger charge is 2.13. The van der Waals surface area contributed by atoms with Gasteiger partial charge >= 0.3 is 0 Å². The van der Waals surface area contributed by atoms with Gasteiger partial charge in [-0.3, -0.25) is 4.99 Å². The van der Waals surface area contributed by atoms with Crippen molar-refractivity contribution in [2.24, 2.45) is 10.7 Å². The lowest BCUT2D eigenvalue weighted by Crippen LogP contribution is -2.27. The number of anilines is 1. The average molecular weight is 481 g/mol. The van der Waals surface area contributed by atoms with Crippen LogP contribution in [0.4, 0.5) is 5.69 Å². The molecular formula is C21H28IN3O2. The molecule has 5 nitrogen and oxygen atoms in total. The van der Waals surface area contributed by atoms with Crippen LogP contribution in [-0.2, 0) is 12.8 Å². The molecule has 0 aliphatic heterocycles. The summed E-state index contributed by atoms with van der Waals surface area (Å²) >= 11 is 0. The van der Waals surface area contributed by atoms with Crippen LogP contribution < -0.4 is 15.8 Å². The third kappa shape index (κ3) is 6.39. The van der Waals surface area contributed by atoms with Crippen molar-refractivity contribution in [2.75, 3.05) is 18.5 Å².